The maximum Gasteiger partial charge on any atom is 0.137 e. The zero-order valence-corrected chi connectivity index (χ0v) is 14.0. The molecule has 0 aliphatic carbocycles. The highest BCUT2D eigenvalue weighted by Crippen LogP contribution is 2.25. The summed E-state index contributed by atoms with van der Waals surface area (Å²) in [5, 5.41) is 0. The molecule has 0 amide bonds. The van der Waals surface area contributed by atoms with Gasteiger partial charge in [-0.1, -0.05) is 45.0 Å². The van der Waals surface area contributed by atoms with Gasteiger partial charge in [-0.05, 0) is 35.6 Å². The number of nitrogens with zero attached hydrogens (tertiary/aromatic N) is 2. The van der Waals surface area contributed by atoms with Crippen molar-refractivity contribution in [2.24, 2.45) is 5.92 Å². The summed E-state index contributed by atoms with van der Waals surface area (Å²) < 4.78 is 0. The largest absolute Gasteiger partial charge is 0.341 e. The van der Waals surface area contributed by atoms with Crippen LogP contribution in [0.2, 0.25) is 0 Å². The minimum atomic E-state index is 0.297. The minimum Gasteiger partial charge on any atom is -0.341 e. The molecule has 2 aromatic heterocycles. The molecule has 0 bridgehead atoms. The summed E-state index contributed by atoms with van der Waals surface area (Å²) >= 11 is 0. The van der Waals surface area contributed by atoms with Crippen LogP contribution in [0.15, 0.2) is 55.0 Å². The first-order valence-corrected chi connectivity index (χ1v) is 8.17. The van der Waals surface area contributed by atoms with Crippen molar-refractivity contribution in [2.75, 3.05) is 0 Å². The number of aromatic nitrogens is 3. The van der Waals surface area contributed by atoms with Crippen LogP contribution in [0.25, 0.3) is 11.4 Å². The third kappa shape index (κ3) is 3.67. The standard InChI is InChI=1S/C20H23N3/c1-14(2)12-16-4-6-17(7-5-16)15(3)19-13-22-20(23-19)18-8-10-21-11-9-18/h4-11,13-15H,12H2,1-3H3,(H,22,23). The number of benzene rings is 1. The van der Waals surface area contributed by atoms with Crippen molar-refractivity contribution in [3.8, 4) is 11.4 Å². The van der Waals surface area contributed by atoms with E-state index < -0.39 is 0 Å². The fourth-order valence-corrected chi connectivity index (χ4v) is 2.81. The van der Waals surface area contributed by atoms with E-state index in [0.717, 1.165) is 23.5 Å². The summed E-state index contributed by atoms with van der Waals surface area (Å²) in [6.45, 7) is 6.71. The maximum atomic E-state index is 4.51. The Labute approximate surface area is 137 Å². The lowest BCUT2D eigenvalue weighted by atomic mass is 9.95. The topological polar surface area (TPSA) is 41.6 Å². The molecular formula is C20H23N3. The van der Waals surface area contributed by atoms with Gasteiger partial charge in [-0.2, -0.15) is 0 Å². The van der Waals surface area contributed by atoms with Crippen LogP contribution in [0.4, 0.5) is 0 Å². The number of pyridine rings is 1. The first-order chi connectivity index (χ1) is 11.1. The Hall–Kier alpha value is -2.42. The molecule has 0 aliphatic heterocycles. The molecular weight excluding hydrogens is 282 g/mol. The van der Waals surface area contributed by atoms with Gasteiger partial charge in [0.15, 0.2) is 0 Å². The summed E-state index contributed by atoms with van der Waals surface area (Å²) in [6, 6.07) is 12.9. The van der Waals surface area contributed by atoms with Crippen molar-refractivity contribution in [3.63, 3.8) is 0 Å². The van der Waals surface area contributed by atoms with Crippen LogP contribution in [-0.2, 0) is 6.42 Å². The van der Waals surface area contributed by atoms with Crippen molar-refractivity contribution in [1.82, 2.24) is 15.0 Å². The number of rotatable bonds is 5. The number of hydrogen-bond donors (Lipinski definition) is 1. The molecule has 1 N–H and O–H groups in total. The van der Waals surface area contributed by atoms with Gasteiger partial charge in [-0.15, -0.1) is 0 Å². The van der Waals surface area contributed by atoms with Crippen LogP contribution >= 0.6 is 0 Å². The number of H-pyrrole nitrogens is 1. The second kappa shape index (κ2) is 6.78. The van der Waals surface area contributed by atoms with Crippen molar-refractivity contribution in [1.29, 1.82) is 0 Å². The van der Waals surface area contributed by atoms with Gasteiger partial charge in [-0.25, -0.2) is 4.98 Å². The van der Waals surface area contributed by atoms with Gasteiger partial charge in [0.2, 0.25) is 0 Å². The highest BCUT2D eigenvalue weighted by atomic mass is 14.9. The molecule has 3 rings (SSSR count). The average molecular weight is 305 g/mol. The molecule has 0 spiro atoms. The fraction of sp³-hybridized carbons (Fsp3) is 0.300. The van der Waals surface area contributed by atoms with E-state index in [1.165, 1.54) is 11.1 Å². The van der Waals surface area contributed by atoms with E-state index >= 15 is 0 Å². The van der Waals surface area contributed by atoms with Crippen LogP contribution < -0.4 is 0 Å². The van der Waals surface area contributed by atoms with Gasteiger partial charge >= 0.3 is 0 Å². The molecule has 3 aromatic rings. The Morgan fingerprint density at radius 3 is 2.30 bits per heavy atom. The van der Waals surface area contributed by atoms with Crippen molar-refractivity contribution in [3.05, 3.63) is 71.8 Å². The molecule has 1 atom stereocenters. The monoisotopic (exact) mass is 305 g/mol. The van der Waals surface area contributed by atoms with E-state index in [0.29, 0.717) is 11.8 Å². The van der Waals surface area contributed by atoms with Gasteiger partial charge in [0.1, 0.15) is 5.82 Å². The van der Waals surface area contributed by atoms with Crippen molar-refractivity contribution in [2.45, 2.75) is 33.1 Å². The zero-order valence-electron chi connectivity index (χ0n) is 14.0. The van der Waals surface area contributed by atoms with Gasteiger partial charge in [-0.3, -0.25) is 4.98 Å². The Bertz CT molecular complexity index is 742. The molecule has 2 heterocycles. The van der Waals surface area contributed by atoms with Crippen LogP contribution in [0.5, 0.6) is 0 Å². The molecule has 0 aliphatic rings. The lowest BCUT2D eigenvalue weighted by molar-refractivity contribution is 0.647. The van der Waals surface area contributed by atoms with Gasteiger partial charge in [0.05, 0.1) is 0 Å². The maximum absolute atomic E-state index is 4.51. The molecule has 0 saturated carbocycles. The molecule has 3 nitrogen and oxygen atoms in total. The first kappa shape index (κ1) is 15.5. The SMILES string of the molecule is CC(C)Cc1ccc(C(C)c2cnc(-c3ccncc3)[nH]2)cc1. The molecule has 3 heteroatoms. The molecule has 118 valence electrons. The fourth-order valence-electron chi connectivity index (χ4n) is 2.81. The summed E-state index contributed by atoms with van der Waals surface area (Å²) in [7, 11) is 0. The first-order valence-electron chi connectivity index (χ1n) is 8.17. The number of imidazole rings is 1. The highest BCUT2D eigenvalue weighted by molar-refractivity contribution is 5.54. The third-order valence-corrected chi connectivity index (χ3v) is 4.14. The van der Waals surface area contributed by atoms with Crippen LogP contribution in [0.1, 0.15) is 43.5 Å². The second-order valence-corrected chi connectivity index (χ2v) is 6.48. The Kier molecular flexibility index (Phi) is 4.56. The Balaban J connectivity index is 1.78. The quantitative estimate of drug-likeness (QED) is 0.734. The van der Waals surface area contributed by atoms with Gasteiger partial charge in [0, 0.05) is 35.8 Å². The number of nitrogens with one attached hydrogen (secondary N) is 1. The summed E-state index contributed by atoms with van der Waals surface area (Å²) in [5.41, 5.74) is 4.90. The zero-order chi connectivity index (χ0) is 16.2. The van der Waals surface area contributed by atoms with Crippen LogP contribution in [-0.4, -0.2) is 15.0 Å². The van der Waals surface area contributed by atoms with Gasteiger partial charge in [0.25, 0.3) is 0 Å². The van der Waals surface area contributed by atoms with Crippen LogP contribution in [0.3, 0.4) is 0 Å². The molecule has 23 heavy (non-hydrogen) atoms. The van der Waals surface area contributed by atoms with Crippen molar-refractivity contribution < 1.29 is 0 Å². The predicted molar refractivity (Wildman–Crippen MR) is 94.3 cm³/mol. The van der Waals surface area contributed by atoms with E-state index in [1.807, 2.05) is 18.3 Å². The predicted octanol–water partition coefficient (Wildman–Crippen LogP) is 4.82. The number of hydrogen-bond acceptors (Lipinski definition) is 2. The summed E-state index contributed by atoms with van der Waals surface area (Å²) in [5.74, 6) is 1.88. The van der Waals surface area contributed by atoms with Gasteiger partial charge < -0.3 is 4.98 Å². The highest BCUT2D eigenvalue weighted by Gasteiger charge is 2.12. The lowest BCUT2D eigenvalue weighted by Gasteiger charge is -2.11. The van der Waals surface area contributed by atoms with E-state index in [2.05, 4.69) is 60.0 Å². The second-order valence-electron chi connectivity index (χ2n) is 6.48. The smallest absolute Gasteiger partial charge is 0.137 e. The molecule has 1 aromatic carbocycles. The average Bonchev–Trinajstić information content (AvgIpc) is 3.05. The van der Waals surface area contributed by atoms with E-state index in [4.69, 9.17) is 0 Å². The Morgan fingerprint density at radius 2 is 1.65 bits per heavy atom. The van der Waals surface area contributed by atoms with E-state index in [9.17, 15) is 0 Å². The normalized spacial score (nSPS) is 12.5. The van der Waals surface area contributed by atoms with E-state index in [1.54, 1.807) is 12.4 Å². The summed E-state index contributed by atoms with van der Waals surface area (Å²) in [6.07, 6.45) is 6.64. The number of aromatic amines is 1. The summed E-state index contributed by atoms with van der Waals surface area (Å²) in [4.78, 5) is 12.0. The lowest BCUT2D eigenvalue weighted by Crippen LogP contribution is -1.98. The Morgan fingerprint density at radius 1 is 0.957 bits per heavy atom. The molecule has 0 radical (unpaired) electrons. The molecule has 0 fully saturated rings. The molecule has 0 saturated heterocycles. The molecule has 1 unspecified atom stereocenters. The van der Waals surface area contributed by atoms with Crippen LogP contribution in [0, 0.1) is 5.92 Å². The van der Waals surface area contributed by atoms with Crippen molar-refractivity contribution >= 4 is 0 Å². The third-order valence-electron chi connectivity index (χ3n) is 4.14. The minimum absolute atomic E-state index is 0.297. The van der Waals surface area contributed by atoms with E-state index in [-0.39, 0.29) is 0 Å².